The molecule has 146 valence electrons. The number of rotatable bonds is 4. The summed E-state index contributed by atoms with van der Waals surface area (Å²) in [5.74, 6) is 2.46. The van der Waals surface area contributed by atoms with Crippen LogP contribution in [0.15, 0.2) is 36.4 Å². The zero-order chi connectivity index (χ0) is 19.7. The minimum Gasteiger partial charge on any atom is -0.497 e. The summed E-state index contributed by atoms with van der Waals surface area (Å²) in [5, 5.41) is 9.50. The summed E-state index contributed by atoms with van der Waals surface area (Å²) in [6, 6.07) is 11.3. The minimum absolute atomic E-state index is 0.501. The van der Waals surface area contributed by atoms with E-state index < -0.39 is 0 Å². The number of ether oxygens (including phenoxy) is 2. The van der Waals surface area contributed by atoms with Gasteiger partial charge in [0.2, 0.25) is 0 Å². The maximum Gasteiger partial charge on any atom is 0.133 e. The highest BCUT2D eigenvalue weighted by atomic mass is 35.5. The number of aromatic nitrogens is 2. The first kappa shape index (κ1) is 19.0. The number of methoxy groups -OCH3 is 2. The highest BCUT2D eigenvalue weighted by Crippen LogP contribution is 2.39. The van der Waals surface area contributed by atoms with Gasteiger partial charge in [-0.05, 0) is 49.6 Å². The molecule has 0 atom stereocenters. The summed E-state index contributed by atoms with van der Waals surface area (Å²) in [5.41, 5.74) is 3.86. The van der Waals surface area contributed by atoms with Crippen molar-refractivity contribution in [3.63, 3.8) is 0 Å². The Bertz CT molecular complexity index is 1020. The Morgan fingerprint density at radius 3 is 2.61 bits per heavy atom. The normalized spacial score (nSPS) is 13.4. The summed E-state index contributed by atoms with van der Waals surface area (Å²) in [6.07, 6.45) is 3.14. The molecule has 0 saturated heterocycles. The molecule has 0 amide bonds. The topological polar surface area (TPSA) is 48.3 Å². The lowest BCUT2D eigenvalue weighted by molar-refractivity contribution is 0.395. The standard InChI is InChI=1S/C21H21Cl2N3O2/c1-27-14-7-8-15(19(12-14)28-2)20-16-5-3-4-10-24-21(16)26(25-20)13-6-9-17(22)18(23)11-13/h6-9,11-12,24H,3-5,10H2,1-2H3. The Labute approximate surface area is 174 Å². The van der Waals surface area contributed by atoms with Gasteiger partial charge < -0.3 is 14.8 Å². The molecule has 0 aliphatic carbocycles. The summed E-state index contributed by atoms with van der Waals surface area (Å²) in [4.78, 5) is 0. The quantitative estimate of drug-likeness (QED) is 0.598. The van der Waals surface area contributed by atoms with Crippen LogP contribution in [0.4, 0.5) is 5.82 Å². The third-order valence-corrected chi connectivity index (χ3v) is 5.68. The van der Waals surface area contributed by atoms with Gasteiger partial charge in [0, 0.05) is 23.7 Å². The van der Waals surface area contributed by atoms with Gasteiger partial charge >= 0.3 is 0 Å². The molecule has 0 spiro atoms. The van der Waals surface area contributed by atoms with Crippen molar-refractivity contribution in [2.24, 2.45) is 0 Å². The molecule has 1 aliphatic rings. The van der Waals surface area contributed by atoms with Crippen molar-refractivity contribution >= 4 is 29.0 Å². The minimum atomic E-state index is 0.501. The van der Waals surface area contributed by atoms with E-state index in [0.29, 0.717) is 10.0 Å². The number of anilines is 1. The monoisotopic (exact) mass is 417 g/mol. The maximum absolute atomic E-state index is 6.26. The van der Waals surface area contributed by atoms with Gasteiger partial charge in [-0.3, -0.25) is 0 Å². The second-order valence-corrected chi connectivity index (χ2v) is 7.45. The second kappa shape index (κ2) is 7.94. The first-order valence-electron chi connectivity index (χ1n) is 9.16. The molecule has 1 aromatic heterocycles. The van der Waals surface area contributed by atoms with Crippen molar-refractivity contribution in [3.8, 4) is 28.4 Å². The van der Waals surface area contributed by atoms with Crippen molar-refractivity contribution in [1.29, 1.82) is 0 Å². The van der Waals surface area contributed by atoms with Gasteiger partial charge in [0.25, 0.3) is 0 Å². The van der Waals surface area contributed by atoms with Crippen LogP contribution >= 0.6 is 23.2 Å². The molecule has 28 heavy (non-hydrogen) atoms. The summed E-state index contributed by atoms with van der Waals surface area (Å²) >= 11 is 12.4. The summed E-state index contributed by atoms with van der Waals surface area (Å²) in [7, 11) is 3.30. The fraction of sp³-hybridized carbons (Fsp3) is 0.286. The smallest absolute Gasteiger partial charge is 0.133 e. The van der Waals surface area contributed by atoms with Crippen molar-refractivity contribution in [1.82, 2.24) is 9.78 Å². The molecular weight excluding hydrogens is 397 g/mol. The van der Waals surface area contributed by atoms with E-state index in [-0.39, 0.29) is 0 Å². The molecular formula is C21H21Cl2N3O2. The summed E-state index contributed by atoms with van der Waals surface area (Å²) in [6.45, 7) is 0.902. The Morgan fingerprint density at radius 2 is 1.86 bits per heavy atom. The third kappa shape index (κ3) is 3.40. The van der Waals surface area contributed by atoms with Crippen LogP contribution in [0.5, 0.6) is 11.5 Å². The van der Waals surface area contributed by atoms with Gasteiger partial charge in [-0.2, -0.15) is 5.10 Å². The van der Waals surface area contributed by atoms with E-state index in [9.17, 15) is 0 Å². The molecule has 1 aliphatic heterocycles. The number of hydrogen-bond acceptors (Lipinski definition) is 4. The van der Waals surface area contributed by atoms with E-state index in [1.165, 1.54) is 5.56 Å². The fourth-order valence-electron chi connectivity index (χ4n) is 3.52. The fourth-order valence-corrected chi connectivity index (χ4v) is 3.81. The summed E-state index contributed by atoms with van der Waals surface area (Å²) < 4.78 is 12.9. The molecule has 5 nitrogen and oxygen atoms in total. The predicted octanol–water partition coefficient (Wildman–Crippen LogP) is 5.61. The van der Waals surface area contributed by atoms with Gasteiger partial charge in [0.05, 0.1) is 30.0 Å². The number of halogens is 2. The van der Waals surface area contributed by atoms with Crippen LogP contribution in [0.2, 0.25) is 10.0 Å². The van der Waals surface area contributed by atoms with Crippen LogP contribution < -0.4 is 14.8 Å². The number of benzene rings is 2. The lowest BCUT2D eigenvalue weighted by Crippen LogP contribution is -2.07. The molecule has 3 aromatic rings. The van der Waals surface area contributed by atoms with E-state index >= 15 is 0 Å². The highest BCUT2D eigenvalue weighted by molar-refractivity contribution is 6.42. The molecule has 1 N–H and O–H groups in total. The Kier molecular flexibility index (Phi) is 5.38. The molecule has 0 saturated carbocycles. The lowest BCUT2D eigenvalue weighted by atomic mass is 10.0. The first-order valence-corrected chi connectivity index (χ1v) is 9.91. The van der Waals surface area contributed by atoms with Gasteiger partial charge in [-0.25, -0.2) is 4.68 Å². The Balaban J connectivity index is 1.91. The number of fused-ring (bicyclic) bond motifs is 1. The van der Waals surface area contributed by atoms with Crippen LogP contribution in [-0.2, 0) is 6.42 Å². The van der Waals surface area contributed by atoms with Gasteiger partial charge in [0.1, 0.15) is 23.0 Å². The van der Waals surface area contributed by atoms with Crippen LogP contribution in [0.25, 0.3) is 16.9 Å². The van der Waals surface area contributed by atoms with Crippen LogP contribution in [0.1, 0.15) is 18.4 Å². The lowest BCUT2D eigenvalue weighted by Gasteiger charge is -2.10. The van der Waals surface area contributed by atoms with E-state index in [1.54, 1.807) is 20.3 Å². The molecule has 2 heterocycles. The number of nitrogens with one attached hydrogen (secondary N) is 1. The molecule has 7 heteroatoms. The zero-order valence-corrected chi connectivity index (χ0v) is 17.3. The first-order chi connectivity index (χ1) is 13.6. The van der Waals surface area contributed by atoms with Crippen LogP contribution in [-0.4, -0.2) is 30.5 Å². The zero-order valence-electron chi connectivity index (χ0n) is 15.8. The van der Waals surface area contributed by atoms with Crippen LogP contribution in [0, 0.1) is 0 Å². The molecule has 0 fully saturated rings. The average molecular weight is 418 g/mol. The number of nitrogens with zero attached hydrogens (tertiary/aromatic N) is 2. The van der Waals surface area contributed by atoms with Crippen molar-refractivity contribution in [3.05, 3.63) is 52.0 Å². The van der Waals surface area contributed by atoms with E-state index in [1.807, 2.05) is 35.0 Å². The van der Waals surface area contributed by atoms with Gasteiger partial charge in [0.15, 0.2) is 0 Å². The predicted molar refractivity (Wildman–Crippen MR) is 114 cm³/mol. The molecule has 0 bridgehead atoms. The molecule has 0 radical (unpaired) electrons. The van der Waals surface area contributed by atoms with Crippen molar-refractivity contribution in [2.45, 2.75) is 19.3 Å². The molecule has 4 rings (SSSR count). The van der Waals surface area contributed by atoms with E-state index in [4.69, 9.17) is 37.8 Å². The largest absolute Gasteiger partial charge is 0.497 e. The van der Waals surface area contributed by atoms with E-state index in [0.717, 1.165) is 60.1 Å². The molecule has 2 aromatic carbocycles. The highest BCUT2D eigenvalue weighted by Gasteiger charge is 2.24. The van der Waals surface area contributed by atoms with E-state index in [2.05, 4.69) is 5.32 Å². The van der Waals surface area contributed by atoms with Gasteiger partial charge in [-0.1, -0.05) is 23.2 Å². The van der Waals surface area contributed by atoms with Crippen LogP contribution in [0.3, 0.4) is 0 Å². The SMILES string of the molecule is COc1ccc(-c2nn(-c3ccc(Cl)c(Cl)c3)c3c2CCCCN3)c(OC)c1. The maximum atomic E-state index is 6.26. The van der Waals surface area contributed by atoms with Crippen molar-refractivity contribution in [2.75, 3.05) is 26.1 Å². The molecule has 0 unspecified atom stereocenters. The Hall–Kier alpha value is -2.37. The Morgan fingerprint density at radius 1 is 1.00 bits per heavy atom. The second-order valence-electron chi connectivity index (χ2n) is 6.64. The van der Waals surface area contributed by atoms with Crippen molar-refractivity contribution < 1.29 is 9.47 Å². The number of hydrogen-bond donors (Lipinski definition) is 1. The average Bonchev–Trinajstić information content (AvgIpc) is 2.90. The van der Waals surface area contributed by atoms with Gasteiger partial charge in [-0.15, -0.1) is 0 Å². The third-order valence-electron chi connectivity index (χ3n) is 4.94.